The minimum absolute atomic E-state index is 0.0559. The zero-order chi connectivity index (χ0) is 22.5. The van der Waals surface area contributed by atoms with Crippen molar-refractivity contribution in [2.45, 2.75) is 32.5 Å². The van der Waals surface area contributed by atoms with Gasteiger partial charge in [0.1, 0.15) is 12.1 Å². The Balaban J connectivity index is 1.61. The van der Waals surface area contributed by atoms with E-state index in [2.05, 4.69) is 4.90 Å². The normalized spacial score (nSPS) is 19.1. The van der Waals surface area contributed by atoms with Gasteiger partial charge in [0.25, 0.3) is 5.91 Å². The number of hydrogen-bond donors (Lipinski definition) is 0. The molecule has 2 atom stereocenters. The van der Waals surface area contributed by atoms with Crippen LogP contribution in [0.4, 0.5) is 10.1 Å². The van der Waals surface area contributed by atoms with Gasteiger partial charge in [-0.3, -0.25) is 24.6 Å². The number of nitro benzene ring substituents is 1. The minimum atomic E-state index is -0.647. The van der Waals surface area contributed by atoms with E-state index in [1.165, 1.54) is 24.3 Å². The Hall–Kier alpha value is -3.33. The topological polar surface area (TPSA) is 93.0 Å². The molecule has 1 heterocycles. The number of aldehydes is 1. The number of carbonyl (C=O) groups is 2. The minimum Gasteiger partial charge on any atom is -0.477 e. The molecule has 1 saturated heterocycles. The monoisotopic (exact) mass is 429 g/mol. The molecule has 0 saturated carbocycles. The predicted octanol–water partition coefficient (Wildman–Crippen LogP) is 3.05. The van der Waals surface area contributed by atoms with Crippen molar-refractivity contribution in [3.8, 4) is 5.75 Å². The van der Waals surface area contributed by atoms with Gasteiger partial charge in [-0.1, -0.05) is 12.1 Å². The number of carbonyl (C=O) groups excluding carboxylic acids is 2. The van der Waals surface area contributed by atoms with Crippen LogP contribution in [-0.2, 0) is 11.3 Å². The number of piperazine rings is 1. The predicted molar refractivity (Wildman–Crippen MR) is 111 cm³/mol. The number of nitrogens with zero attached hydrogens (tertiary/aromatic N) is 3. The number of halogens is 1. The smallest absolute Gasteiger partial charge is 0.311 e. The van der Waals surface area contributed by atoms with Crippen LogP contribution in [0, 0.1) is 15.9 Å². The van der Waals surface area contributed by atoms with Crippen LogP contribution in [-0.4, -0.2) is 58.7 Å². The largest absolute Gasteiger partial charge is 0.477 e. The Morgan fingerprint density at radius 2 is 1.90 bits per heavy atom. The van der Waals surface area contributed by atoms with Gasteiger partial charge >= 0.3 is 5.69 Å². The first-order valence-corrected chi connectivity index (χ1v) is 9.93. The summed E-state index contributed by atoms with van der Waals surface area (Å²) < 4.78 is 18.6. The summed E-state index contributed by atoms with van der Waals surface area (Å²) in [5.74, 6) is -0.601. The molecule has 3 rings (SSSR count). The van der Waals surface area contributed by atoms with E-state index < -0.39 is 4.92 Å². The zero-order valence-corrected chi connectivity index (χ0v) is 17.4. The van der Waals surface area contributed by atoms with Crippen molar-refractivity contribution in [1.82, 2.24) is 9.80 Å². The van der Waals surface area contributed by atoms with Crippen molar-refractivity contribution in [3.05, 3.63) is 69.5 Å². The molecule has 0 unspecified atom stereocenters. The first-order valence-electron chi connectivity index (χ1n) is 9.93. The van der Waals surface area contributed by atoms with Gasteiger partial charge in [-0.15, -0.1) is 0 Å². The molecule has 164 valence electrons. The Morgan fingerprint density at radius 1 is 1.19 bits per heavy atom. The van der Waals surface area contributed by atoms with Crippen LogP contribution in [0.1, 0.15) is 29.8 Å². The third-order valence-corrected chi connectivity index (χ3v) is 5.40. The molecule has 9 heteroatoms. The highest BCUT2D eigenvalue weighted by molar-refractivity contribution is 5.79. The third kappa shape index (κ3) is 5.43. The van der Waals surface area contributed by atoms with Crippen molar-refractivity contribution >= 4 is 17.9 Å². The van der Waals surface area contributed by atoms with Crippen molar-refractivity contribution in [2.75, 3.05) is 19.7 Å². The Labute approximate surface area is 179 Å². The lowest BCUT2D eigenvalue weighted by Crippen LogP contribution is -2.58. The maximum atomic E-state index is 13.1. The molecule has 0 spiro atoms. The highest BCUT2D eigenvalue weighted by Gasteiger charge is 2.32. The first kappa shape index (κ1) is 22.4. The molecule has 0 aliphatic carbocycles. The van der Waals surface area contributed by atoms with Crippen molar-refractivity contribution in [1.29, 1.82) is 0 Å². The highest BCUT2D eigenvalue weighted by Crippen LogP contribution is 2.28. The fourth-order valence-electron chi connectivity index (χ4n) is 3.69. The van der Waals surface area contributed by atoms with Gasteiger partial charge in [-0.05, 0) is 43.7 Å². The van der Waals surface area contributed by atoms with Crippen LogP contribution in [0.5, 0.6) is 5.75 Å². The van der Waals surface area contributed by atoms with E-state index in [1.807, 2.05) is 13.8 Å². The van der Waals surface area contributed by atoms with E-state index in [4.69, 9.17) is 4.74 Å². The quantitative estimate of drug-likeness (QED) is 0.382. The van der Waals surface area contributed by atoms with E-state index in [1.54, 1.807) is 17.0 Å². The SMILES string of the molecule is C[C@@H]1CN(C(=O)COc2ccc(C=O)cc2[N+](=O)[O-])[C@@H](C)CN1Cc1ccc(F)cc1. The maximum Gasteiger partial charge on any atom is 0.311 e. The van der Waals surface area contributed by atoms with Crippen LogP contribution in [0.2, 0.25) is 0 Å². The van der Waals surface area contributed by atoms with Gasteiger partial charge in [0.05, 0.1) is 4.92 Å². The van der Waals surface area contributed by atoms with Gasteiger partial charge in [-0.2, -0.15) is 0 Å². The average Bonchev–Trinajstić information content (AvgIpc) is 2.75. The molecule has 0 aromatic heterocycles. The Kier molecular flexibility index (Phi) is 6.96. The van der Waals surface area contributed by atoms with Crippen molar-refractivity contribution in [2.24, 2.45) is 0 Å². The summed E-state index contributed by atoms with van der Waals surface area (Å²) in [5, 5.41) is 11.2. The molecule has 2 aromatic rings. The second-order valence-corrected chi connectivity index (χ2v) is 7.69. The lowest BCUT2D eigenvalue weighted by molar-refractivity contribution is -0.385. The molecule has 1 fully saturated rings. The third-order valence-electron chi connectivity index (χ3n) is 5.40. The fourth-order valence-corrected chi connectivity index (χ4v) is 3.69. The molecule has 0 radical (unpaired) electrons. The van der Waals surface area contributed by atoms with E-state index in [0.29, 0.717) is 25.9 Å². The molecule has 31 heavy (non-hydrogen) atoms. The molecular weight excluding hydrogens is 405 g/mol. The zero-order valence-electron chi connectivity index (χ0n) is 17.4. The number of hydrogen-bond acceptors (Lipinski definition) is 6. The summed E-state index contributed by atoms with van der Waals surface area (Å²) in [4.78, 5) is 38.1. The molecule has 0 N–H and O–H groups in total. The van der Waals surface area contributed by atoms with Gasteiger partial charge in [0, 0.05) is 43.3 Å². The highest BCUT2D eigenvalue weighted by atomic mass is 19.1. The lowest BCUT2D eigenvalue weighted by atomic mass is 10.1. The van der Waals surface area contributed by atoms with Crippen LogP contribution in [0.3, 0.4) is 0 Å². The number of benzene rings is 2. The van der Waals surface area contributed by atoms with E-state index >= 15 is 0 Å². The van der Waals surface area contributed by atoms with Crippen LogP contribution < -0.4 is 4.74 Å². The second kappa shape index (κ2) is 9.65. The molecule has 1 amide bonds. The molecule has 1 aliphatic heterocycles. The molecule has 8 nitrogen and oxygen atoms in total. The van der Waals surface area contributed by atoms with Crippen LogP contribution in [0.25, 0.3) is 0 Å². The molecule has 0 bridgehead atoms. The number of amides is 1. The average molecular weight is 429 g/mol. The number of nitro groups is 1. The second-order valence-electron chi connectivity index (χ2n) is 7.69. The molecular formula is C22H24FN3O5. The number of rotatable bonds is 7. The van der Waals surface area contributed by atoms with Gasteiger partial charge in [0.15, 0.2) is 12.4 Å². The summed E-state index contributed by atoms with van der Waals surface area (Å²) in [5.41, 5.74) is 0.794. The van der Waals surface area contributed by atoms with Crippen LogP contribution >= 0.6 is 0 Å². The van der Waals surface area contributed by atoms with E-state index in [-0.39, 0.29) is 47.4 Å². The lowest BCUT2D eigenvalue weighted by Gasteiger charge is -2.44. The van der Waals surface area contributed by atoms with Gasteiger partial charge in [-0.25, -0.2) is 4.39 Å². The fraction of sp³-hybridized carbons (Fsp3) is 0.364. The summed E-state index contributed by atoms with van der Waals surface area (Å²) in [6.07, 6.45) is 0.510. The van der Waals surface area contributed by atoms with Gasteiger partial charge < -0.3 is 9.64 Å². The van der Waals surface area contributed by atoms with Gasteiger partial charge in [0.2, 0.25) is 0 Å². The molecule has 2 aromatic carbocycles. The summed E-state index contributed by atoms with van der Waals surface area (Å²) in [6, 6.07) is 10.2. The summed E-state index contributed by atoms with van der Waals surface area (Å²) >= 11 is 0. The summed E-state index contributed by atoms with van der Waals surface area (Å²) in [6.45, 7) is 5.38. The Morgan fingerprint density at radius 3 is 2.55 bits per heavy atom. The standard InChI is InChI=1S/C22H24FN3O5/c1-15-11-25(16(2)10-24(15)12-17-3-6-19(23)7-4-17)22(28)14-31-21-8-5-18(13-27)9-20(21)26(29)30/h3-9,13,15-16H,10-12,14H2,1-2H3/t15-,16+/m1/s1. The maximum absolute atomic E-state index is 13.1. The van der Waals surface area contributed by atoms with Crippen LogP contribution in [0.15, 0.2) is 42.5 Å². The molecule has 1 aliphatic rings. The summed E-state index contributed by atoms with van der Waals surface area (Å²) in [7, 11) is 0. The van der Waals surface area contributed by atoms with Crippen molar-refractivity contribution < 1.29 is 23.6 Å². The first-order chi connectivity index (χ1) is 14.8. The number of ether oxygens (including phenoxy) is 1. The van der Waals surface area contributed by atoms with Crippen molar-refractivity contribution in [3.63, 3.8) is 0 Å². The Bertz CT molecular complexity index is 966. The van der Waals surface area contributed by atoms with E-state index in [0.717, 1.165) is 11.6 Å². The van der Waals surface area contributed by atoms with E-state index in [9.17, 15) is 24.1 Å².